The Morgan fingerprint density at radius 2 is 2.33 bits per heavy atom. The summed E-state index contributed by atoms with van der Waals surface area (Å²) in [5.74, 6) is 2.93. The molecule has 3 nitrogen and oxygen atoms in total. The minimum Gasteiger partial charge on any atom is -0.446 e. The van der Waals surface area contributed by atoms with Gasteiger partial charge in [-0.05, 0) is 25.7 Å². The van der Waals surface area contributed by atoms with Crippen molar-refractivity contribution in [1.82, 2.24) is 0 Å². The van der Waals surface area contributed by atoms with Crippen molar-refractivity contribution in [3.05, 3.63) is 0 Å². The van der Waals surface area contributed by atoms with E-state index in [1.165, 1.54) is 0 Å². The molecule has 0 bridgehead atoms. The summed E-state index contributed by atoms with van der Waals surface area (Å²) >= 11 is 0. The predicted molar refractivity (Wildman–Crippen MR) is 45.2 cm³/mol. The molecule has 1 rings (SSSR count). The van der Waals surface area contributed by atoms with E-state index in [0.29, 0.717) is 0 Å². The van der Waals surface area contributed by atoms with Crippen LogP contribution in [0, 0.1) is 18.3 Å². The summed E-state index contributed by atoms with van der Waals surface area (Å²) in [7, 11) is 0. The first-order chi connectivity index (χ1) is 5.72. The third-order valence-electron chi connectivity index (χ3n) is 2.14. The lowest BCUT2D eigenvalue weighted by Crippen LogP contribution is -2.27. The van der Waals surface area contributed by atoms with Gasteiger partial charge >= 0.3 is 6.09 Å². The number of nitrogens with two attached hydrogens (primary N) is 1. The number of carbonyl (C=O) groups excluding carboxylic acids is 1. The quantitative estimate of drug-likeness (QED) is 0.598. The molecule has 1 aliphatic carbocycles. The zero-order chi connectivity index (χ0) is 8.97. The van der Waals surface area contributed by atoms with Gasteiger partial charge in [-0.1, -0.05) is 0 Å². The lowest BCUT2D eigenvalue weighted by Gasteiger charge is -2.24. The average Bonchev–Trinajstić information content (AvgIpc) is 2.03. The molecule has 1 saturated carbocycles. The standard InChI is InChI=1S/C9H13NO2/c1-2-7-4-3-5-8(6-7)12-9(10)11/h1,7-8H,3-6H2,(H2,10,11). The smallest absolute Gasteiger partial charge is 0.404 e. The number of rotatable bonds is 1. The van der Waals surface area contributed by atoms with Crippen molar-refractivity contribution in [2.24, 2.45) is 11.7 Å². The summed E-state index contributed by atoms with van der Waals surface area (Å²) in [6.45, 7) is 0. The lowest BCUT2D eigenvalue weighted by molar-refractivity contribution is 0.0743. The van der Waals surface area contributed by atoms with E-state index in [0.717, 1.165) is 25.7 Å². The molecule has 2 N–H and O–H groups in total. The summed E-state index contributed by atoms with van der Waals surface area (Å²) in [6, 6.07) is 0. The molecule has 3 heteroatoms. The van der Waals surface area contributed by atoms with E-state index >= 15 is 0 Å². The van der Waals surface area contributed by atoms with Crippen molar-refractivity contribution in [2.75, 3.05) is 0 Å². The average molecular weight is 167 g/mol. The Bertz CT molecular complexity index is 207. The molecule has 2 atom stereocenters. The molecule has 0 aromatic carbocycles. The van der Waals surface area contributed by atoms with Crippen molar-refractivity contribution in [2.45, 2.75) is 31.8 Å². The summed E-state index contributed by atoms with van der Waals surface area (Å²) in [6.07, 6.45) is 8.23. The summed E-state index contributed by atoms with van der Waals surface area (Å²) < 4.78 is 4.87. The van der Waals surface area contributed by atoms with E-state index in [2.05, 4.69) is 5.92 Å². The molecule has 2 unspecified atom stereocenters. The molecular weight excluding hydrogens is 154 g/mol. The Morgan fingerprint density at radius 3 is 2.92 bits per heavy atom. The maximum Gasteiger partial charge on any atom is 0.404 e. The SMILES string of the molecule is C#CC1CCCC(OC(N)=O)C1. The topological polar surface area (TPSA) is 52.3 Å². The number of ether oxygens (including phenoxy) is 1. The van der Waals surface area contributed by atoms with Crippen LogP contribution in [-0.2, 0) is 4.74 Å². The largest absolute Gasteiger partial charge is 0.446 e. The van der Waals surface area contributed by atoms with Crippen LogP contribution in [0.2, 0.25) is 0 Å². The Morgan fingerprint density at radius 1 is 1.58 bits per heavy atom. The molecule has 1 fully saturated rings. The van der Waals surface area contributed by atoms with Crippen LogP contribution >= 0.6 is 0 Å². The minimum atomic E-state index is -0.697. The molecule has 0 radical (unpaired) electrons. The van der Waals surface area contributed by atoms with Crippen molar-refractivity contribution in [3.63, 3.8) is 0 Å². The molecule has 0 saturated heterocycles. The van der Waals surface area contributed by atoms with E-state index < -0.39 is 6.09 Å². The van der Waals surface area contributed by atoms with Gasteiger partial charge < -0.3 is 10.5 Å². The fourth-order valence-corrected chi connectivity index (χ4v) is 1.57. The Kier molecular flexibility index (Phi) is 2.98. The van der Waals surface area contributed by atoms with Gasteiger partial charge in [-0.3, -0.25) is 0 Å². The molecule has 0 aromatic heterocycles. The van der Waals surface area contributed by atoms with Crippen molar-refractivity contribution < 1.29 is 9.53 Å². The highest BCUT2D eigenvalue weighted by atomic mass is 16.6. The Labute approximate surface area is 72.3 Å². The summed E-state index contributed by atoms with van der Waals surface area (Å²) in [4.78, 5) is 10.4. The second-order valence-corrected chi connectivity index (χ2v) is 3.09. The Hall–Kier alpha value is -1.17. The van der Waals surface area contributed by atoms with E-state index in [1.807, 2.05) is 0 Å². The number of carbonyl (C=O) groups is 1. The van der Waals surface area contributed by atoms with Crippen LogP contribution in [0.3, 0.4) is 0 Å². The first kappa shape index (κ1) is 8.92. The highest BCUT2D eigenvalue weighted by Gasteiger charge is 2.22. The van der Waals surface area contributed by atoms with Gasteiger partial charge in [0.1, 0.15) is 6.10 Å². The summed E-state index contributed by atoms with van der Waals surface area (Å²) in [5, 5.41) is 0. The number of hydrogen-bond donors (Lipinski definition) is 1. The normalized spacial score (nSPS) is 28.9. The molecule has 66 valence electrons. The van der Waals surface area contributed by atoms with Crippen LogP contribution in [0.5, 0.6) is 0 Å². The van der Waals surface area contributed by atoms with Gasteiger partial charge in [0, 0.05) is 5.92 Å². The van der Waals surface area contributed by atoms with E-state index in [1.54, 1.807) is 0 Å². The molecule has 1 amide bonds. The van der Waals surface area contributed by atoms with Crippen LogP contribution in [0.25, 0.3) is 0 Å². The van der Waals surface area contributed by atoms with Crippen LogP contribution in [-0.4, -0.2) is 12.2 Å². The Balaban J connectivity index is 2.36. The molecule has 0 aromatic rings. The highest BCUT2D eigenvalue weighted by molar-refractivity contribution is 5.64. The fourth-order valence-electron chi connectivity index (χ4n) is 1.57. The zero-order valence-electron chi connectivity index (χ0n) is 6.95. The number of primary amides is 1. The van der Waals surface area contributed by atoms with E-state index in [9.17, 15) is 4.79 Å². The molecule has 12 heavy (non-hydrogen) atoms. The van der Waals surface area contributed by atoms with Gasteiger partial charge in [-0.2, -0.15) is 0 Å². The molecule has 0 heterocycles. The maximum atomic E-state index is 10.4. The van der Waals surface area contributed by atoms with Gasteiger partial charge in [0.05, 0.1) is 0 Å². The molecule has 0 aliphatic heterocycles. The van der Waals surface area contributed by atoms with Gasteiger partial charge in [0.25, 0.3) is 0 Å². The van der Waals surface area contributed by atoms with Crippen LogP contribution < -0.4 is 5.73 Å². The molecule has 1 aliphatic rings. The van der Waals surface area contributed by atoms with Crippen LogP contribution in [0.1, 0.15) is 25.7 Å². The number of hydrogen-bond acceptors (Lipinski definition) is 2. The van der Waals surface area contributed by atoms with Crippen molar-refractivity contribution in [3.8, 4) is 12.3 Å². The predicted octanol–water partition coefficient (Wildman–Crippen LogP) is 1.27. The molecular formula is C9H13NO2. The lowest BCUT2D eigenvalue weighted by atomic mass is 9.88. The third kappa shape index (κ3) is 2.46. The third-order valence-corrected chi connectivity index (χ3v) is 2.14. The maximum absolute atomic E-state index is 10.4. The number of amides is 1. The minimum absolute atomic E-state index is 0.0581. The first-order valence-corrected chi connectivity index (χ1v) is 4.14. The zero-order valence-corrected chi connectivity index (χ0v) is 6.95. The van der Waals surface area contributed by atoms with Crippen LogP contribution in [0.15, 0.2) is 0 Å². The first-order valence-electron chi connectivity index (χ1n) is 4.14. The second-order valence-electron chi connectivity index (χ2n) is 3.09. The second kappa shape index (κ2) is 4.01. The summed E-state index contributed by atoms with van der Waals surface area (Å²) in [5.41, 5.74) is 4.90. The highest BCUT2D eigenvalue weighted by Crippen LogP contribution is 2.25. The monoisotopic (exact) mass is 167 g/mol. The van der Waals surface area contributed by atoms with Gasteiger partial charge in [-0.15, -0.1) is 12.3 Å². The van der Waals surface area contributed by atoms with E-state index in [-0.39, 0.29) is 12.0 Å². The van der Waals surface area contributed by atoms with E-state index in [4.69, 9.17) is 16.9 Å². The van der Waals surface area contributed by atoms with Gasteiger partial charge in [-0.25, -0.2) is 4.79 Å². The van der Waals surface area contributed by atoms with Gasteiger partial charge in [0.2, 0.25) is 0 Å². The van der Waals surface area contributed by atoms with Gasteiger partial charge in [0.15, 0.2) is 0 Å². The fraction of sp³-hybridized carbons (Fsp3) is 0.667. The van der Waals surface area contributed by atoms with Crippen molar-refractivity contribution in [1.29, 1.82) is 0 Å². The van der Waals surface area contributed by atoms with Crippen LogP contribution in [0.4, 0.5) is 4.79 Å². The number of terminal acetylenes is 1. The van der Waals surface area contributed by atoms with Crippen molar-refractivity contribution >= 4 is 6.09 Å². The molecule has 0 spiro atoms.